The van der Waals surface area contributed by atoms with Gasteiger partial charge in [-0.3, -0.25) is 0 Å². The van der Waals surface area contributed by atoms with E-state index in [1.807, 2.05) is 26.0 Å². The van der Waals surface area contributed by atoms with Gasteiger partial charge in [-0.2, -0.15) is 0 Å². The SMILES string of the molecule is CC(C)Oc1cccc(N2CC(C)C(N(C)C)C2)c1N. The quantitative estimate of drug-likeness (QED) is 0.858. The Morgan fingerprint density at radius 2 is 2.00 bits per heavy atom. The molecule has 0 saturated carbocycles. The standard InChI is InChI=1S/C16H27N3O/c1-11(2)20-15-8-6-7-13(16(15)17)19-9-12(3)14(10-19)18(4)5/h6-8,11-12,14H,9-10,17H2,1-5H3. The molecule has 0 aromatic heterocycles. The van der Waals surface area contributed by atoms with Gasteiger partial charge in [0.05, 0.1) is 17.5 Å². The van der Waals surface area contributed by atoms with Crippen LogP contribution >= 0.6 is 0 Å². The van der Waals surface area contributed by atoms with Gasteiger partial charge in [-0.05, 0) is 46.0 Å². The van der Waals surface area contributed by atoms with E-state index in [9.17, 15) is 0 Å². The predicted octanol–water partition coefficient (Wildman–Crippen LogP) is 2.44. The van der Waals surface area contributed by atoms with E-state index in [1.165, 1.54) is 0 Å². The second-order valence-electron chi connectivity index (χ2n) is 6.27. The van der Waals surface area contributed by atoms with Gasteiger partial charge in [-0.15, -0.1) is 0 Å². The van der Waals surface area contributed by atoms with Gasteiger partial charge < -0.3 is 20.3 Å². The molecule has 2 rings (SSSR count). The molecule has 2 N–H and O–H groups in total. The molecule has 1 aliphatic rings. The minimum atomic E-state index is 0.138. The minimum Gasteiger partial charge on any atom is -0.489 e. The number of benzene rings is 1. The lowest BCUT2D eigenvalue weighted by molar-refractivity contribution is 0.244. The third-order valence-electron chi connectivity index (χ3n) is 3.98. The van der Waals surface area contributed by atoms with Gasteiger partial charge in [0, 0.05) is 19.1 Å². The highest BCUT2D eigenvalue weighted by molar-refractivity contribution is 5.74. The van der Waals surface area contributed by atoms with Crippen LogP contribution < -0.4 is 15.4 Å². The van der Waals surface area contributed by atoms with Crippen molar-refractivity contribution >= 4 is 11.4 Å². The van der Waals surface area contributed by atoms with Crippen LogP contribution in [0, 0.1) is 5.92 Å². The highest BCUT2D eigenvalue weighted by atomic mass is 16.5. The fourth-order valence-electron chi connectivity index (χ4n) is 2.98. The number of nitrogen functional groups attached to an aromatic ring is 1. The Bertz CT molecular complexity index is 459. The van der Waals surface area contributed by atoms with Gasteiger partial charge in [0.15, 0.2) is 0 Å². The first-order chi connectivity index (χ1) is 9.40. The molecule has 2 atom stereocenters. The number of rotatable bonds is 4. The van der Waals surface area contributed by atoms with Crippen molar-refractivity contribution in [1.29, 1.82) is 0 Å². The Morgan fingerprint density at radius 1 is 1.30 bits per heavy atom. The van der Waals surface area contributed by atoms with Crippen molar-refractivity contribution in [1.82, 2.24) is 4.90 Å². The van der Waals surface area contributed by atoms with Gasteiger partial charge in [0.25, 0.3) is 0 Å². The maximum Gasteiger partial charge on any atom is 0.144 e. The summed E-state index contributed by atoms with van der Waals surface area (Å²) in [6.45, 7) is 8.40. The number of anilines is 2. The molecule has 0 amide bonds. The van der Waals surface area contributed by atoms with E-state index in [0.717, 1.165) is 30.2 Å². The van der Waals surface area contributed by atoms with Gasteiger partial charge in [-0.1, -0.05) is 13.0 Å². The Morgan fingerprint density at radius 3 is 2.55 bits per heavy atom. The molecule has 0 aliphatic carbocycles. The summed E-state index contributed by atoms with van der Waals surface area (Å²) in [7, 11) is 4.29. The van der Waals surface area contributed by atoms with Crippen molar-refractivity contribution in [3.05, 3.63) is 18.2 Å². The average Bonchev–Trinajstić information content (AvgIpc) is 2.73. The molecule has 20 heavy (non-hydrogen) atoms. The van der Waals surface area contributed by atoms with Crippen LogP contribution in [-0.2, 0) is 0 Å². The Hall–Kier alpha value is -1.42. The van der Waals surface area contributed by atoms with Crippen molar-refractivity contribution in [3.63, 3.8) is 0 Å². The van der Waals surface area contributed by atoms with E-state index in [4.69, 9.17) is 10.5 Å². The molecule has 4 nitrogen and oxygen atoms in total. The highest BCUT2D eigenvalue weighted by Gasteiger charge is 2.32. The van der Waals surface area contributed by atoms with Crippen LogP contribution in [0.15, 0.2) is 18.2 Å². The second kappa shape index (κ2) is 5.92. The molecule has 4 heteroatoms. The summed E-state index contributed by atoms with van der Waals surface area (Å²) in [5, 5.41) is 0. The van der Waals surface area contributed by atoms with Crippen LogP contribution in [0.3, 0.4) is 0 Å². The van der Waals surface area contributed by atoms with Crippen molar-refractivity contribution in [3.8, 4) is 5.75 Å². The zero-order valence-electron chi connectivity index (χ0n) is 13.3. The lowest BCUT2D eigenvalue weighted by atomic mass is 10.1. The molecule has 1 aromatic carbocycles. The smallest absolute Gasteiger partial charge is 0.144 e. The van der Waals surface area contributed by atoms with E-state index >= 15 is 0 Å². The van der Waals surface area contributed by atoms with Crippen LogP contribution in [0.1, 0.15) is 20.8 Å². The van der Waals surface area contributed by atoms with E-state index in [0.29, 0.717) is 12.0 Å². The van der Waals surface area contributed by atoms with Gasteiger partial charge >= 0.3 is 0 Å². The largest absolute Gasteiger partial charge is 0.489 e. The summed E-state index contributed by atoms with van der Waals surface area (Å²) in [5.74, 6) is 1.43. The molecular weight excluding hydrogens is 250 g/mol. The molecule has 1 saturated heterocycles. The van der Waals surface area contributed by atoms with Gasteiger partial charge in [-0.25, -0.2) is 0 Å². The first kappa shape index (κ1) is 15.0. The lowest BCUT2D eigenvalue weighted by Crippen LogP contribution is -2.34. The third-order valence-corrected chi connectivity index (χ3v) is 3.98. The predicted molar refractivity (Wildman–Crippen MR) is 85.5 cm³/mol. The Kier molecular flexibility index (Phi) is 4.43. The average molecular weight is 277 g/mol. The van der Waals surface area contributed by atoms with Crippen molar-refractivity contribution in [2.45, 2.75) is 32.9 Å². The first-order valence-electron chi connectivity index (χ1n) is 7.36. The van der Waals surface area contributed by atoms with Crippen molar-refractivity contribution < 1.29 is 4.74 Å². The van der Waals surface area contributed by atoms with Crippen LogP contribution in [0.2, 0.25) is 0 Å². The normalized spacial score (nSPS) is 22.9. The number of ether oxygens (including phenoxy) is 1. The highest BCUT2D eigenvalue weighted by Crippen LogP contribution is 2.36. The molecular formula is C16H27N3O. The topological polar surface area (TPSA) is 41.7 Å². The molecule has 0 radical (unpaired) electrons. The third kappa shape index (κ3) is 3.01. The maximum absolute atomic E-state index is 6.30. The number of para-hydroxylation sites is 1. The molecule has 1 aromatic rings. The summed E-state index contributed by atoms with van der Waals surface area (Å²) in [4.78, 5) is 4.67. The number of nitrogens with zero attached hydrogens (tertiary/aromatic N) is 2. The second-order valence-corrected chi connectivity index (χ2v) is 6.27. The minimum absolute atomic E-state index is 0.138. The van der Waals surface area contributed by atoms with Gasteiger partial charge in [0.1, 0.15) is 5.75 Å². The van der Waals surface area contributed by atoms with E-state index < -0.39 is 0 Å². The number of hydrogen-bond donors (Lipinski definition) is 1. The lowest BCUT2D eigenvalue weighted by Gasteiger charge is -2.24. The molecule has 0 bridgehead atoms. The van der Waals surface area contributed by atoms with Crippen LogP contribution in [-0.4, -0.2) is 44.2 Å². The maximum atomic E-state index is 6.30. The van der Waals surface area contributed by atoms with Crippen molar-refractivity contribution in [2.75, 3.05) is 37.8 Å². The number of likely N-dealkylation sites (N-methyl/N-ethyl adjacent to an activating group) is 1. The monoisotopic (exact) mass is 277 g/mol. The fourth-order valence-corrected chi connectivity index (χ4v) is 2.98. The molecule has 1 aliphatic heterocycles. The molecule has 0 spiro atoms. The van der Waals surface area contributed by atoms with Crippen LogP contribution in [0.25, 0.3) is 0 Å². The zero-order chi connectivity index (χ0) is 14.9. The summed E-state index contributed by atoms with van der Waals surface area (Å²) in [5.41, 5.74) is 8.15. The molecule has 1 fully saturated rings. The summed E-state index contributed by atoms with van der Waals surface area (Å²) in [6.07, 6.45) is 0.138. The van der Waals surface area contributed by atoms with Crippen molar-refractivity contribution in [2.24, 2.45) is 5.92 Å². The fraction of sp³-hybridized carbons (Fsp3) is 0.625. The Balaban J connectivity index is 2.22. The van der Waals surface area contributed by atoms with E-state index in [-0.39, 0.29) is 6.10 Å². The summed E-state index contributed by atoms with van der Waals surface area (Å²) in [6, 6.07) is 6.63. The van der Waals surface area contributed by atoms with E-state index in [2.05, 4.69) is 36.9 Å². The molecule has 2 unspecified atom stereocenters. The number of hydrogen-bond acceptors (Lipinski definition) is 4. The molecule has 1 heterocycles. The number of nitrogens with two attached hydrogens (primary N) is 1. The Labute approximate surface area is 122 Å². The zero-order valence-corrected chi connectivity index (χ0v) is 13.3. The van der Waals surface area contributed by atoms with Crippen LogP contribution in [0.5, 0.6) is 5.75 Å². The molecule has 112 valence electrons. The van der Waals surface area contributed by atoms with Gasteiger partial charge in [0.2, 0.25) is 0 Å². The van der Waals surface area contributed by atoms with E-state index in [1.54, 1.807) is 0 Å². The first-order valence-corrected chi connectivity index (χ1v) is 7.36. The summed E-state index contributed by atoms with van der Waals surface area (Å²) >= 11 is 0. The summed E-state index contributed by atoms with van der Waals surface area (Å²) < 4.78 is 5.78. The van der Waals surface area contributed by atoms with Crippen LogP contribution in [0.4, 0.5) is 11.4 Å².